The minimum absolute atomic E-state index is 0.386. The summed E-state index contributed by atoms with van der Waals surface area (Å²) in [6.07, 6.45) is 51.4. The maximum atomic E-state index is 12.4. The normalized spacial score (nSPS) is 14.1. The maximum Gasteiger partial charge on any atom is 0.249 e. The number of aliphatic hydroxyl groups is 3. The molecule has 1 amide bonds. The molecule has 0 aromatic rings. The number of amides is 1. The van der Waals surface area contributed by atoms with Crippen LogP contribution in [0.15, 0.2) is 48.6 Å². The molecule has 0 aromatic carbocycles. The zero-order valence-electron chi connectivity index (χ0n) is 33.0. The molecule has 5 nitrogen and oxygen atoms in total. The molecular formula is C45H83NO4. The van der Waals surface area contributed by atoms with E-state index in [2.05, 4.69) is 55.6 Å². The Morgan fingerprint density at radius 3 is 1.22 bits per heavy atom. The fraction of sp³-hybridized carbons (Fsp3) is 0.800. The highest BCUT2D eigenvalue weighted by Crippen LogP contribution is 2.13. The van der Waals surface area contributed by atoms with Crippen molar-refractivity contribution in [3.63, 3.8) is 0 Å². The first-order chi connectivity index (χ1) is 24.6. The predicted molar refractivity (Wildman–Crippen MR) is 217 cm³/mol. The summed E-state index contributed by atoms with van der Waals surface area (Å²) in [5.74, 6) is -0.527. The molecule has 3 atom stereocenters. The summed E-state index contributed by atoms with van der Waals surface area (Å²) in [4.78, 5) is 12.4. The van der Waals surface area contributed by atoms with E-state index in [4.69, 9.17) is 0 Å². The van der Waals surface area contributed by atoms with Crippen molar-refractivity contribution in [1.29, 1.82) is 0 Å². The minimum Gasteiger partial charge on any atom is -0.394 e. The number of rotatable bonds is 38. The van der Waals surface area contributed by atoms with Crippen LogP contribution >= 0.6 is 0 Å². The first kappa shape index (κ1) is 48.3. The fourth-order valence-electron chi connectivity index (χ4n) is 6.21. The lowest BCUT2D eigenvalue weighted by molar-refractivity contribution is -0.131. The standard InChI is InChI=1S/C45H83NO4/c1-3-5-7-9-11-13-15-17-19-21-22-24-25-27-29-31-33-35-37-39-43(48)42(41-47)46-45(50)44(49)40-38-36-34-32-30-28-26-23-20-18-16-14-12-10-8-6-4-2/h22,24,26,28-29,31,37,39,42-44,47-49H,3-21,23,25,27,30,32-36,38,40-41H2,1-2H3,(H,46,50)/b24-22+,28-26-,31-29+,39-37+. The molecule has 0 aliphatic heterocycles. The zero-order valence-corrected chi connectivity index (χ0v) is 33.0. The van der Waals surface area contributed by atoms with Gasteiger partial charge in [-0.25, -0.2) is 0 Å². The van der Waals surface area contributed by atoms with Gasteiger partial charge in [-0.3, -0.25) is 4.79 Å². The van der Waals surface area contributed by atoms with Crippen LogP contribution in [0.3, 0.4) is 0 Å². The van der Waals surface area contributed by atoms with E-state index in [1.54, 1.807) is 6.08 Å². The monoisotopic (exact) mass is 702 g/mol. The highest BCUT2D eigenvalue weighted by molar-refractivity contribution is 5.80. The van der Waals surface area contributed by atoms with Crippen molar-refractivity contribution in [2.45, 2.75) is 225 Å². The molecule has 0 saturated heterocycles. The SMILES string of the molecule is CCCCCCCCCCC/C=C\CCCCCCC(O)C(=O)NC(CO)C(O)/C=C/CC/C=C/CC/C=C/CCCCCCCCCCC. The summed E-state index contributed by atoms with van der Waals surface area (Å²) < 4.78 is 0. The number of carbonyl (C=O) groups is 1. The average Bonchev–Trinajstić information content (AvgIpc) is 3.12. The molecule has 0 rings (SSSR count). The van der Waals surface area contributed by atoms with E-state index in [-0.39, 0.29) is 6.61 Å². The second-order valence-electron chi connectivity index (χ2n) is 14.5. The van der Waals surface area contributed by atoms with Crippen LogP contribution in [0.4, 0.5) is 0 Å². The molecule has 0 fully saturated rings. The van der Waals surface area contributed by atoms with Gasteiger partial charge in [-0.1, -0.05) is 184 Å². The van der Waals surface area contributed by atoms with Crippen LogP contribution in [0, 0.1) is 0 Å². The van der Waals surface area contributed by atoms with E-state index in [0.29, 0.717) is 6.42 Å². The minimum atomic E-state index is -1.12. The summed E-state index contributed by atoms with van der Waals surface area (Å²) in [5, 5.41) is 33.1. The van der Waals surface area contributed by atoms with Gasteiger partial charge < -0.3 is 20.6 Å². The second-order valence-corrected chi connectivity index (χ2v) is 14.5. The summed E-state index contributed by atoms with van der Waals surface area (Å²) >= 11 is 0. The third-order valence-electron chi connectivity index (χ3n) is 9.62. The van der Waals surface area contributed by atoms with Gasteiger partial charge in [0.15, 0.2) is 0 Å². The van der Waals surface area contributed by atoms with Crippen molar-refractivity contribution in [2.75, 3.05) is 6.61 Å². The van der Waals surface area contributed by atoms with Crippen molar-refractivity contribution in [3.05, 3.63) is 48.6 Å². The van der Waals surface area contributed by atoms with E-state index >= 15 is 0 Å². The first-order valence-corrected chi connectivity index (χ1v) is 21.5. The molecule has 0 saturated carbocycles. The highest BCUT2D eigenvalue weighted by Gasteiger charge is 2.22. The van der Waals surface area contributed by atoms with Gasteiger partial charge in [0.1, 0.15) is 6.10 Å². The molecule has 50 heavy (non-hydrogen) atoms. The number of allylic oxidation sites excluding steroid dienone is 7. The molecule has 0 aliphatic rings. The van der Waals surface area contributed by atoms with E-state index in [1.807, 2.05) is 6.08 Å². The van der Waals surface area contributed by atoms with E-state index < -0.39 is 24.2 Å². The number of aliphatic hydroxyl groups excluding tert-OH is 3. The third-order valence-corrected chi connectivity index (χ3v) is 9.62. The molecule has 3 unspecified atom stereocenters. The molecule has 0 bridgehead atoms. The highest BCUT2D eigenvalue weighted by atomic mass is 16.3. The average molecular weight is 702 g/mol. The van der Waals surface area contributed by atoms with Gasteiger partial charge >= 0.3 is 0 Å². The summed E-state index contributed by atoms with van der Waals surface area (Å²) in [7, 11) is 0. The smallest absolute Gasteiger partial charge is 0.249 e. The Kier molecular flexibility index (Phi) is 38.7. The van der Waals surface area contributed by atoms with Gasteiger partial charge in [0.05, 0.1) is 18.8 Å². The summed E-state index contributed by atoms with van der Waals surface area (Å²) in [6, 6.07) is -0.825. The fourth-order valence-corrected chi connectivity index (χ4v) is 6.21. The maximum absolute atomic E-state index is 12.4. The number of carbonyl (C=O) groups excluding carboxylic acids is 1. The van der Waals surface area contributed by atoms with Gasteiger partial charge in [-0.05, 0) is 70.6 Å². The van der Waals surface area contributed by atoms with Crippen molar-refractivity contribution in [1.82, 2.24) is 5.32 Å². The molecule has 5 heteroatoms. The van der Waals surface area contributed by atoms with Crippen molar-refractivity contribution in [2.24, 2.45) is 0 Å². The van der Waals surface area contributed by atoms with E-state index in [9.17, 15) is 20.1 Å². The summed E-state index contributed by atoms with van der Waals surface area (Å²) in [5.41, 5.74) is 0. The molecular weight excluding hydrogens is 618 g/mol. The lowest BCUT2D eigenvalue weighted by atomic mass is 10.1. The molecule has 292 valence electrons. The van der Waals surface area contributed by atoms with Gasteiger partial charge in [-0.2, -0.15) is 0 Å². The lowest BCUT2D eigenvalue weighted by Gasteiger charge is -2.21. The molecule has 0 aromatic heterocycles. The van der Waals surface area contributed by atoms with Gasteiger partial charge in [0.2, 0.25) is 5.91 Å². The number of hydrogen-bond donors (Lipinski definition) is 4. The molecule has 0 heterocycles. The van der Waals surface area contributed by atoms with Crippen LogP contribution in [0.5, 0.6) is 0 Å². The Morgan fingerprint density at radius 1 is 0.480 bits per heavy atom. The van der Waals surface area contributed by atoms with Crippen LogP contribution in [0.1, 0.15) is 206 Å². The van der Waals surface area contributed by atoms with Gasteiger partial charge in [0.25, 0.3) is 0 Å². The van der Waals surface area contributed by atoms with Crippen LogP contribution in [-0.2, 0) is 4.79 Å². The zero-order chi connectivity index (χ0) is 36.6. The van der Waals surface area contributed by atoms with Crippen molar-refractivity contribution >= 4 is 5.91 Å². The van der Waals surface area contributed by atoms with Crippen LogP contribution in [0.25, 0.3) is 0 Å². The van der Waals surface area contributed by atoms with Crippen molar-refractivity contribution < 1.29 is 20.1 Å². The second kappa shape index (κ2) is 40.1. The van der Waals surface area contributed by atoms with Crippen LogP contribution in [0.2, 0.25) is 0 Å². The quantitative estimate of drug-likeness (QED) is 0.0381. The third kappa shape index (κ3) is 34.7. The first-order valence-electron chi connectivity index (χ1n) is 21.5. The predicted octanol–water partition coefficient (Wildman–Crippen LogP) is 12.2. The molecule has 0 radical (unpaired) electrons. The van der Waals surface area contributed by atoms with Crippen LogP contribution in [-0.4, -0.2) is 46.1 Å². The van der Waals surface area contributed by atoms with E-state index in [0.717, 1.165) is 57.8 Å². The largest absolute Gasteiger partial charge is 0.394 e. The molecule has 0 aliphatic carbocycles. The topological polar surface area (TPSA) is 89.8 Å². The van der Waals surface area contributed by atoms with Crippen molar-refractivity contribution in [3.8, 4) is 0 Å². The Balaban J connectivity index is 3.79. The number of unbranched alkanes of at least 4 members (excludes halogenated alkanes) is 24. The molecule has 4 N–H and O–H groups in total. The Bertz CT molecular complexity index is 820. The lowest BCUT2D eigenvalue weighted by Crippen LogP contribution is -2.48. The Morgan fingerprint density at radius 2 is 0.820 bits per heavy atom. The van der Waals surface area contributed by atoms with Gasteiger partial charge in [0, 0.05) is 0 Å². The number of nitrogens with one attached hydrogen (secondary N) is 1. The summed E-state index contributed by atoms with van der Waals surface area (Å²) in [6.45, 7) is 4.15. The Hall–Kier alpha value is -1.69. The van der Waals surface area contributed by atoms with E-state index in [1.165, 1.54) is 128 Å². The number of hydrogen-bond acceptors (Lipinski definition) is 4. The molecule has 0 spiro atoms. The van der Waals surface area contributed by atoms with Gasteiger partial charge in [-0.15, -0.1) is 0 Å². The van der Waals surface area contributed by atoms with Crippen LogP contribution < -0.4 is 5.32 Å². The Labute approximate surface area is 310 Å².